The number of rotatable bonds is 6. The molecule has 0 radical (unpaired) electrons. The average molecular weight is 418 g/mol. The SMILES string of the molecule is Cc1ccc2nc(CSCC(=O)N[C@@H](C)c3ccc4ccccc4c3)cc(=O)n2c1. The molecular formula is C24H23N3O2S. The molecule has 6 heteroatoms. The average Bonchev–Trinajstić information content (AvgIpc) is 2.74. The summed E-state index contributed by atoms with van der Waals surface area (Å²) < 4.78 is 1.54. The van der Waals surface area contributed by atoms with Crippen LogP contribution in [-0.2, 0) is 10.5 Å². The van der Waals surface area contributed by atoms with Gasteiger partial charge in [-0.05, 0) is 47.9 Å². The zero-order chi connectivity index (χ0) is 21.1. The molecule has 0 saturated carbocycles. The van der Waals surface area contributed by atoms with E-state index in [-0.39, 0.29) is 17.5 Å². The molecule has 1 atom stereocenters. The number of hydrogen-bond donors (Lipinski definition) is 1. The summed E-state index contributed by atoms with van der Waals surface area (Å²) in [7, 11) is 0. The molecule has 0 aliphatic carbocycles. The van der Waals surface area contributed by atoms with Crippen molar-refractivity contribution in [1.29, 1.82) is 0 Å². The molecule has 2 aromatic carbocycles. The summed E-state index contributed by atoms with van der Waals surface area (Å²) in [5, 5.41) is 5.39. The van der Waals surface area contributed by atoms with E-state index in [9.17, 15) is 9.59 Å². The van der Waals surface area contributed by atoms with Crippen molar-refractivity contribution in [2.75, 3.05) is 5.75 Å². The molecule has 0 bridgehead atoms. The van der Waals surface area contributed by atoms with Gasteiger partial charge in [-0.2, -0.15) is 0 Å². The number of hydrogen-bond acceptors (Lipinski definition) is 4. The lowest BCUT2D eigenvalue weighted by Crippen LogP contribution is -2.28. The minimum Gasteiger partial charge on any atom is -0.349 e. The van der Waals surface area contributed by atoms with Gasteiger partial charge >= 0.3 is 0 Å². The van der Waals surface area contributed by atoms with Crippen LogP contribution in [0.2, 0.25) is 0 Å². The van der Waals surface area contributed by atoms with Crippen LogP contribution in [0.5, 0.6) is 0 Å². The maximum atomic E-state index is 12.4. The molecule has 152 valence electrons. The molecule has 0 aliphatic rings. The molecule has 1 amide bonds. The van der Waals surface area contributed by atoms with Crippen LogP contribution in [0.25, 0.3) is 16.4 Å². The van der Waals surface area contributed by atoms with Gasteiger partial charge in [0.1, 0.15) is 5.65 Å². The summed E-state index contributed by atoms with van der Waals surface area (Å²) in [6, 6.07) is 19.7. The number of pyridine rings is 1. The molecule has 0 spiro atoms. The molecule has 5 nitrogen and oxygen atoms in total. The molecule has 0 aliphatic heterocycles. The third kappa shape index (κ3) is 4.54. The topological polar surface area (TPSA) is 63.5 Å². The lowest BCUT2D eigenvalue weighted by Gasteiger charge is -2.15. The first-order chi connectivity index (χ1) is 14.5. The standard InChI is InChI=1S/C24H23N3O2S/c1-16-7-10-22-26-21(12-24(29)27(22)13-16)14-30-15-23(28)25-17(2)19-9-8-18-5-3-4-6-20(18)11-19/h3-13,17H,14-15H2,1-2H3,(H,25,28)/t17-/m0/s1. The van der Waals surface area contributed by atoms with Crippen LogP contribution in [0.3, 0.4) is 0 Å². The number of aryl methyl sites for hydroxylation is 1. The van der Waals surface area contributed by atoms with E-state index >= 15 is 0 Å². The van der Waals surface area contributed by atoms with Crippen molar-refractivity contribution in [3.63, 3.8) is 0 Å². The van der Waals surface area contributed by atoms with Gasteiger partial charge in [0, 0.05) is 18.0 Å². The first kappa shape index (κ1) is 20.2. The highest BCUT2D eigenvalue weighted by molar-refractivity contribution is 7.99. The Kier molecular flexibility index (Phi) is 5.86. The lowest BCUT2D eigenvalue weighted by atomic mass is 10.0. The Hall–Kier alpha value is -3.12. The van der Waals surface area contributed by atoms with E-state index in [0.29, 0.717) is 22.8 Å². The van der Waals surface area contributed by atoms with Gasteiger partial charge in [-0.1, -0.05) is 42.5 Å². The summed E-state index contributed by atoms with van der Waals surface area (Å²) in [5.74, 6) is 0.790. The summed E-state index contributed by atoms with van der Waals surface area (Å²) >= 11 is 1.45. The van der Waals surface area contributed by atoms with Crippen molar-refractivity contribution < 1.29 is 4.79 Å². The highest BCUT2D eigenvalue weighted by atomic mass is 32.2. The number of fused-ring (bicyclic) bond motifs is 2. The van der Waals surface area contributed by atoms with Crippen molar-refractivity contribution >= 4 is 34.1 Å². The van der Waals surface area contributed by atoms with E-state index in [2.05, 4.69) is 40.6 Å². The number of carbonyl (C=O) groups is 1. The largest absolute Gasteiger partial charge is 0.349 e. The van der Waals surface area contributed by atoms with Gasteiger partial charge in [-0.3, -0.25) is 14.0 Å². The highest BCUT2D eigenvalue weighted by Gasteiger charge is 2.11. The number of amides is 1. The van der Waals surface area contributed by atoms with Crippen molar-refractivity contribution in [2.45, 2.75) is 25.6 Å². The van der Waals surface area contributed by atoms with Crippen LogP contribution >= 0.6 is 11.8 Å². The maximum absolute atomic E-state index is 12.4. The number of benzene rings is 2. The van der Waals surface area contributed by atoms with Crippen LogP contribution in [0, 0.1) is 6.92 Å². The molecule has 0 saturated heterocycles. The third-order valence-corrected chi connectivity index (χ3v) is 5.96. The van der Waals surface area contributed by atoms with Crippen molar-refractivity contribution in [2.24, 2.45) is 0 Å². The Morgan fingerprint density at radius 3 is 2.73 bits per heavy atom. The fourth-order valence-corrected chi connectivity index (χ4v) is 4.15. The Balaban J connectivity index is 1.35. The Labute approximate surface area is 179 Å². The predicted octanol–water partition coefficient (Wildman–Crippen LogP) is 4.27. The molecule has 0 unspecified atom stereocenters. The van der Waals surface area contributed by atoms with Gasteiger partial charge in [-0.15, -0.1) is 11.8 Å². The van der Waals surface area contributed by atoms with E-state index in [4.69, 9.17) is 0 Å². The quantitative estimate of drug-likeness (QED) is 0.509. The zero-order valence-corrected chi connectivity index (χ0v) is 17.8. The highest BCUT2D eigenvalue weighted by Crippen LogP contribution is 2.20. The third-order valence-electron chi connectivity index (χ3n) is 4.99. The van der Waals surface area contributed by atoms with E-state index in [1.165, 1.54) is 23.2 Å². The maximum Gasteiger partial charge on any atom is 0.258 e. The van der Waals surface area contributed by atoms with E-state index in [0.717, 1.165) is 16.5 Å². The Morgan fingerprint density at radius 1 is 1.10 bits per heavy atom. The predicted molar refractivity (Wildman–Crippen MR) is 123 cm³/mol. The fraction of sp³-hybridized carbons (Fsp3) is 0.208. The van der Waals surface area contributed by atoms with Crippen LogP contribution in [0.1, 0.15) is 29.8 Å². The van der Waals surface area contributed by atoms with Crippen LogP contribution < -0.4 is 10.9 Å². The van der Waals surface area contributed by atoms with Crippen molar-refractivity contribution in [1.82, 2.24) is 14.7 Å². The fourth-order valence-electron chi connectivity index (χ4n) is 3.42. The number of thioether (sulfide) groups is 1. The minimum atomic E-state index is -0.103. The van der Waals surface area contributed by atoms with Crippen LogP contribution in [0.15, 0.2) is 71.7 Å². The summed E-state index contributed by atoms with van der Waals surface area (Å²) in [5.41, 5.74) is 3.29. The van der Waals surface area contributed by atoms with Crippen LogP contribution in [-0.4, -0.2) is 21.0 Å². The monoisotopic (exact) mass is 417 g/mol. The van der Waals surface area contributed by atoms with Gasteiger partial charge in [0.15, 0.2) is 0 Å². The Morgan fingerprint density at radius 2 is 1.90 bits per heavy atom. The normalized spacial score (nSPS) is 12.2. The van der Waals surface area contributed by atoms with Crippen molar-refractivity contribution in [3.8, 4) is 0 Å². The van der Waals surface area contributed by atoms with Gasteiger partial charge in [-0.25, -0.2) is 4.98 Å². The van der Waals surface area contributed by atoms with Gasteiger partial charge < -0.3 is 5.32 Å². The molecular weight excluding hydrogens is 394 g/mol. The summed E-state index contributed by atoms with van der Waals surface area (Å²) in [6.45, 7) is 3.92. The van der Waals surface area contributed by atoms with E-state index in [1.54, 1.807) is 10.6 Å². The molecule has 30 heavy (non-hydrogen) atoms. The second-order valence-electron chi connectivity index (χ2n) is 7.41. The van der Waals surface area contributed by atoms with Gasteiger partial charge in [0.25, 0.3) is 5.56 Å². The van der Waals surface area contributed by atoms with Gasteiger partial charge in [0.2, 0.25) is 5.91 Å². The zero-order valence-electron chi connectivity index (χ0n) is 17.0. The Bertz CT molecular complexity index is 1280. The number of carbonyl (C=O) groups excluding carboxylic acids is 1. The molecule has 0 fully saturated rings. The molecule has 1 N–H and O–H groups in total. The van der Waals surface area contributed by atoms with E-state index < -0.39 is 0 Å². The van der Waals surface area contributed by atoms with Gasteiger partial charge in [0.05, 0.1) is 17.5 Å². The molecule has 2 heterocycles. The van der Waals surface area contributed by atoms with Crippen LogP contribution in [0.4, 0.5) is 0 Å². The minimum absolute atomic E-state index is 0.0335. The molecule has 4 rings (SSSR count). The number of aromatic nitrogens is 2. The number of nitrogens with zero attached hydrogens (tertiary/aromatic N) is 2. The van der Waals surface area contributed by atoms with Crippen molar-refractivity contribution in [3.05, 3.63) is 94.0 Å². The molecule has 2 aromatic heterocycles. The second-order valence-corrected chi connectivity index (χ2v) is 8.39. The summed E-state index contributed by atoms with van der Waals surface area (Å²) in [4.78, 5) is 29.2. The first-order valence-corrected chi connectivity index (χ1v) is 11.0. The smallest absolute Gasteiger partial charge is 0.258 e. The first-order valence-electron chi connectivity index (χ1n) is 9.84. The lowest BCUT2D eigenvalue weighted by molar-refractivity contribution is -0.119. The number of nitrogens with one attached hydrogen (secondary N) is 1. The van der Waals surface area contributed by atoms with E-state index in [1.807, 2.05) is 38.1 Å². The second kappa shape index (κ2) is 8.71. The summed E-state index contributed by atoms with van der Waals surface area (Å²) in [6.07, 6.45) is 1.78. The molecule has 4 aromatic rings.